The summed E-state index contributed by atoms with van der Waals surface area (Å²) >= 11 is 0. The standard InChI is InChI=1S/C18H25N3O2.C2H6/c1-13(2)8-18(14(3)23)21-15(4)20-11-17-7-5-6-16(9-17)10-19-12-22;1-2/h5-7,9,13,18,20-21H,4,8,10-11H2,1-3H3;1-2H3. The summed E-state index contributed by atoms with van der Waals surface area (Å²) in [6, 6.07) is 7.55. The van der Waals surface area contributed by atoms with E-state index in [4.69, 9.17) is 0 Å². The fraction of sp³-hybridized carbons (Fsp3) is 0.500. The summed E-state index contributed by atoms with van der Waals surface area (Å²) in [5, 5.41) is 6.32. The van der Waals surface area contributed by atoms with Gasteiger partial charge in [0.25, 0.3) is 0 Å². The van der Waals surface area contributed by atoms with Crippen molar-refractivity contribution in [3.8, 4) is 0 Å². The van der Waals surface area contributed by atoms with Crippen LogP contribution in [0.3, 0.4) is 0 Å². The molecule has 0 heterocycles. The van der Waals surface area contributed by atoms with E-state index in [0.717, 1.165) is 17.5 Å². The third-order valence-corrected chi connectivity index (χ3v) is 3.37. The van der Waals surface area contributed by atoms with E-state index in [2.05, 4.69) is 36.1 Å². The van der Waals surface area contributed by atoms with Crippen LogP contribution in [0, 0.1) is 5.92 Å². The number of ketones is 1. The van der Waals surface area contributed by atoms with Crippen molar-refractivity contribution >= 4 is 11.9 Å². The van der Waals surface area contributed by atoms with Gasteiger partial charge >= 0.3 is 0 Å². The number of carbonyl (C=O) groups is 1. The van der Waals surface area contributed by atoms with Crippen LogP contribution in [0.25, 0.3) is 0 Å². The summed E-state index contributed by atoms with van der Waals surface area (Å²) in [6.07, 6.45) is 2.31. The van der Waals surface area contributed by atoms with Crippen LogP contribution in [0.1, 0.15) is 52.2 Å². The number of carbonyl (C=O) groups excluding carboxylic acids is 2. The second-order valence-electron chi connectivity index (χ2n) is 6.00. The van der Waals surface area contributed by atoms with Crippen molar-refractivity contribution < 1.29 is 9.59 Å². The van der Waals surface area contributed by atoms with E-state index in [1.165, 1.54) is 6.08 Å². The molecule has 138 valence electrons. The summed E-state index contributed by atoms with van der Waals surface area (Å²) in [5.74, 6) is 1.16. The third kappa shape index (κ3) is 10.2. The molecule has 0 radical (unpaired) electrons. The monoisotopic (exact) mass is 345 g/mol. The summed E-state index contributed by atoms with van der Waals surface area (Å²) < 4.78 is 0. The predicted molar refractivity (Wildman–Crippen MR) is 103 cm³/mol. The van der Waals surface area contributed by atoms with Crippen LogP contribution in [-0.4, -0.2) is 17.9 Å². The minimum atomic E-state index is -0.219. The zero-order chi connectivity index (χ0) is 19.2. The third-order valence-electron chi connectivity index (χ3n) is 3.37. The SMILES string of the molecule is C=C(NCc1cccc(CN=C=O)c1)NC(CC(C)C)C(C)=O.CC. The van der Waals surface area contributed by atoms with Gasteiger partial charge < -0.3 is 10.6 Å². The van der Waals surface area contributed by atoms with Crippen molar-refractivity contribution in [2.75, 3.05) is 0 Å². The molecule has 0 saturated heterocycles. The molecule has 1 unspecified atom stereocenters. The molecule has 0 fully saturated rings. The van der Waals surface area contributed by atoms with Gasteiger partial charge in [-0.25, -0.2) is 9.79 Å². The molecule has 0 aliphatic heterocycles. The molecule has 0 spiro atoms. The Labute approximate surface area is 151 Å². The van der Waals surface area contributed by atoms with Gasteiger partial charge in [-0.05, 0) is 30.4 Å². The molecule has 0 aliphatic rings. The summed E-state index contributed by atoms with van der Waals surface area (Å²) in [5.41, 5.74) is 2.00. The first-order valence-corrected chi connectivity index (χ1v) is 8.73. The van der Waals surface area contributed by atoms with Crippen molar-refractivity contribution in [3.63, 3.8) is 0 Å². The van der Waals surface area contributed by atoms with Crippen molar-refractivity contribution in [1.29, 1.82) is 0 Å². The van der Waals surface area contributed by atoms with Crippen LogP contribution in [0.5, 0.6) is 0 Å². The number of Topliss-reactive ketones (excluding diaryl/α,β-unsaturated/α-hetero) is 1. The molecule has 5 heteroatoms. The van der Waals surface area contributed by atoms with E-state index in [0.29, 0.717) is 24.8 Å². The number of benzene rings is 1. The lowest BCUT2D eigenvalue weighted by Crippen LogP contribution is -2.39. The Kier molecular flexibility index (Phi) is 11.7. The van der Waals surface area contributed by atoms with E-state index in [1.807, 2.05) is 38.1 Å². The second kappa shape index (κ2) is 13.0. The molecule has 1 aromatic carbocycles. The molecule has 5 nitrogen and oxygen atoms in total. The van der Waals surface area contributed by atoms with Crippen LogP contribution < -0.4 is 10.6 Å². The summed E-state index contributed by atoms with van der Waals surface area (Å²) in [7, 11) is 0. The fourth-order valence-electron chi connectivity index (χ4n) is 2.23. The first-order chi connectivity index (χ1) is 11.9. The quantitative estimate of drug-likeness (QED) is 0.501. The number of hydrogen-bond acceptors (Lipinski definition) is 5. The summed E-state index contributed by atoms with van der Waals surface area (Å²) in [4.78, 5) is 25.4. The normalized spacial score (nSPS) is 10.8. The Balaban J connectivity index is 0.00000277. The molecule has 0 amide bonds. The smallest absolute Gasteiger partial charge is 0.235 e. The van der Waals surface area contributed by atoms with E-state index in [1.54, 1.807) is 6.92 Å². The molecule has 0 aromatic heterocycles. The fourth-order valence-corrected chi connectivity index (χ4v) is 2.23. The number of isocyanates is 1. The van der Waals surface area contributed by atoms with Gasteiger partial charge in [0.05, 0.1) is 18.4 Å². The highest BCUT2D eigenvalue weighted by Crippen LogP contribution is 2.08. The molecular formula is C20H31N3O2. The van der Waals surface area contributed by atoms with Crippen LogP contribution >= 0.6 is 0 Å². The highest BCUT2D eigenvalue weighted by atomic mass is 16.1. The lowest BCUT2D eigenvalue weighted by Gasteiger charge is -2.21. The molecule has 1 atom stereocenters. The minimum absolute atomic E-state index is 0.107. The predicted octanol–water partition coefficient (Wildman–Crippen LogP) is 3.70. The van der Waals surface area contributed by atoms with Gasteiger partial charge in [-0.3, -0.25) is 4.79 Å². The highest BCUT2D eigenvalue weighted by molar-refractivity contribution is 5.81. The number of rotatable bonds is 10. The molecule has 1 aromatic rings. The van der Waals surface area contributed by atoms with Gasteiger partial charge in [-0.2, -0.15) is 0 Å². The van der Waals surface area contributed by atoms with E-state index in [9.17, 15) is 9.59 Å². The zero-order valence-electron chi connectivity index (χ0n) is 16.1. The van der Waals surface area contributed by atoms with Gasteiger partial charge in [0.1, 0.15) is 0 Å². The number of nitrogens with one attached hydrogen (secondary N) is 2. The molecule has 25 heavy (non-hydrogen) atoms. The second-order valence-corrected chi connectivity index (χ2v) is 6.00. The maximum absolute atomic E-state index is 11.7. The van der Waals surface area contributed by atoms with E-state index >= 15 is 0 Å². The Morgan fingerprint density at radius 1 is 1.28 bits per heavy atom. The number of hydrogen-bond donors (Lipinski definition) is 2. The average Bonchev–Trinajstić information content (AvgIpc) is 2.59. The van der Waals surface area contributed by atoms with Crippen molar-refractivity contribution in [3.05, 3.63) is 47.8 Å². The minimum Gasteiger partial charge on any atom is -0.368 e. The van der Waals surface area contributed by atoms with Gasteiger partial charge in [0.2, 0.25) is 6.08 Å². The van der Waals surface area contributed by atoms with Crippen LogP contribution in [-0.2, 0) is 22.7 Å². The van der Waals surface area contributed by atoms with Crippen LogP contribution in [0.2, 0.25) is 0 Å². The van der Waals surface area contributed by atoms with Crippen LogP contribution in [0.4, 0.5) is 0 Å². The average molecular weight is 345 g/mol. The Morgan fingerprint density at radius 2 is 1.92 bits per heavy atom. The maximum atomic E-state index is 11.7. The Morgan fingerprint density at radius 3 is 2.48 bits per heavy atom. The summed E-state index contributed by atoms with van der Waals surface area (Å²) in [6.45, 7) is 14.6. The van der Waals surface area contributed by atoms with Crippen LogP contribution in [0.15, 0.2) is 41.7 Å². The first kappa shape index (κ1) is 22.6. The molecule has 0 bridgehead atoms. The Hall–Kier alpha value is -2.39. The van der Waals surface area contributed by atoms with Gasteiger partial charge in [-0.1, -0.05) is 58.5 Å². The molecule has 0 saturated carbocycles. The lowest BCUT2D eigenvalue weighted by atomic mass is 10.0. The lowest BCUT2D eigenvalue weighted by molar-refractivity contribution is -0.119. The number of aliphatic imine (C=N–C) groups is 1. The van der Waals surface area contributed by atoms with E-state index in [-0.39, 0.29) is 11.8 Å². The molecular weight excluding hydrogens is 314 g/mol. The highest BCUT2D eigenvalue weighted by Gasteiger charge is 2.15. The Bertz CT molecular complexity index is 590. The molecule has 0 aliphatic carbocycles. The molecule has 1 rings (SSSR count). The topological polar surface area (TPSA) is 70.6 Å². The van der Waals surface area contributed by atoms with Gasteiger partial charge in [0.15, 0.2) is 5.78 Å². The van der Waals surface area contributed by atoms with Crippen molar-refractivity contribution in [2.24, 2.45) is 10.9 Å². The first-order valence-electron chi connectivity index (χ1n) is 8.73. The van der Waals surface area contributed by atoms with Crippen molar-refractivity contribution in [1.82, 2.24) is 10.6 Å². The van der Waals surface area contributed by atoms with Gasteiger partial charge in [-0.15, -0.1) is 0 Å². The molecule has 2 N–H and O–H groups in total. The van der Waals surface area contributed by atoms with Crippen molar-refractivity contribution in [2.45, 2.75) is 60.2 Å². The van der Waals surface area contributed by atoms with Gasteiger partial charge in [0, 0.05) is 6.54 Å². The maximum Gasteiger partial charge on any atom is 0.235 e. The van der Waals surface area contributed by atoms with E-state index < -0.39 is 0 Å². The zero-order valence-corrected chi connectivity index (χ0v) is 16.1. The number of nitrogens with zero attached hydrogens (tertiary/aromatic N) is 1. The largest absolute Gasteiger partial charge is 0.368 e.